The zero-order chi connectivity index (χ0) is 12.3. The molecular formula is C12H16N4S. The van der Waals surface area contributed by atoms with Gasteiger partial charge in [0.2, 0.25) is 0 Å². The molecule has 0 amide bonds. The van der Waals surface area contributed by atoms with Gasteiger partial charge in [-0.3, -0.25) is 9.67 Å². The number of hydrogen-bond donors (Lipinski definition) is 1. The van der Waals surface area contributed by atoms with Crippen molar-refractivity contribution in [2.75, 3.05) is 0 Å². The summed E-state index contributed by atoms with van der Waals surface area (Å²) in [4.78, 5) is 6.59. The highest BCUT2D eigenvalue weighted by Crippen LogP contribution is 2.26. The van der Waals surface area contributed by atoms with E-state index in [1.165, 1.54) is 0 Å². The van der Waals surface area contributed by atoms with Crippen LogP contribution in [0.5, 0.6) is 0 Å². The summed E-state index contributed by atoms with van der Waals surface area (Å²) >= 11 is 1.65. The normalized spacial score (nSPS) is 12.6. The number of rotatable bonds is 4. The first-order valence-electron chi connectivity index (χ1n) is 5.57. The molecule has 0 saturated heterocycles. The molecule has 2 aromatic heterocycles. The smallest absolute Gasteiger partial charge is 0.0629 e. The van der Waals surface area contributed by atoms with Gasteiger partial charge in [0.15, 0.2) is 0 Å². The van der Waals surface area contributed by atoms with Crippen LogP contribution in [0.1, 0.15) is 25.1 Å². The first-order valence-corrected chi connectivity index (χ1v) is 6.38. The van der Waals surface area contributed by atoms with Crippen LogP contribution in [-0.2, 0) is 7.05 Å². The lowest BCUT2D eigenvalue weighted by Crippen LogP contribution is -2.10. The zero-order valence-corrected chi connectivity index (χ0v) is 10.8. The van der Waals surface area contributed by atoms with Crippen molar-refractivity contribution in [3.8, 4) is 0 Å². The molecule has 0 aromatic carbocycles. The molecule has 90 valence electrons. The van der Waals surface area contributed by atoms with Gasteiger partial charge in [0.25, 0.3) is 0 Å². The fourth-order valence-corrected chi connectivity index (χ4v) is 2.29. The summed E-state index contributed by atoms with van der Waals surface area (Å²) < 4.78 is 1.79. The number of aromatic nitrogens is 3. The van der Waals surface area contributed by atoms with Crippen molar-refractivity contribution in [2.45, 2.75) is 29.2 Å². The van der Waals surface area contributed by atoms with Crippen molar-refractivity contribution in [1.82, 2.24) is 14.8 Å². The van der Waals surface area contributed by atoms with Crippen LogP contribution in [0.15, 0.2) is 40.5 Å². The molecule has 2 N–H and O–H groups in total. The molecule has 0 radical (unpaired) electrons. The third-order valence-electron chi connectivity index (χ3n) is 2.50. The predicted octanol–water partition coefficient (Wildman–Crippen LogP) is 2.38. The SMILES string of the molecule is CCC(N)c1ccc(Sc2cnn(C)c2)cn1. The third-order valence-corrected chi connectivity index (χ3v) is 3.42. The molecule has 1 atom stereocenters. The number of pyridine rings is 1. The second kappa shape index (κ2) is 5.33. The Kier molecular flexibility index (Phi) is 3.81. The lowest BCUT2D eigenvalue weighted by atomic mass is 10.1. The molecule has 0 aliphatic rings. The molecule has 17 heavy (non-hydrogen) atoms. The summed E-state index contributed by atoms with van der Waals surface area (Å²) in [6.07, 6.45) is 6.59. The summed E-state index contributed by atoms with van der Waals surface area (Å²) in [5.41, 5.74) is 6.86. The highest BCUT2D eigenvalue weighted by Gasteiger charge is 2.05. The van der Waals surface area contributed by atoms with Gasteiger partial charge in [-0.1, -0.05) is 18.7 Å². The molecule has 5 heteroatoms. The minimum Gasteiger partial charge on any atom is -0.323 e. The van der Waals surface area contributed by atoms with Gasteiger partial charge in [-0.2, -0.15) is 5.10 Å². The molecular weight excluding hydrogens is 232 g/mol. The standard InChI is InChI=1S/C12H16N4S/c1-3-11(13)12-5-4-9(6-14-12)17-10-7-15-16(2)8-10/h4-8,11H,3,13H2,1-2H3. The topological polar surface area (TPSA) is 56.7 Å². The monoisotopic (exact) mass is 248 g/mol. The lowest BCUT2D eigenvalue weighted by Gasteiger charge is -2.07. The molecule has 2 rings (SSSR count). The first kappa shape index (κ1) is 12.1. The third kappa shape index (κ3) is 3.08. The molecule has 0 spiro atoms. The number of hydrogen-bond acceptors (Lipinski definition) is 4. The molecule has 4 nitrogen and oxygen atoms in total. The second-order valence-electron chi connectivity index (χ2n) is 3.89. The number of aryl methyl sites for hydroxylation is 1. The molecule has 0 aliphatic carbocycles. The Balaban J connectivity index is 2.08. The van der Waals surface area contributed by atoms with E-state index in [9.17, 15) is 0 Å². The highest BCUT2D eigenvalue weighted by atomic mass is 32.2. The summed E-state index contributed by atoms with van der Waals surface area (Å²) in [5.74, 6) is 0. The van der Waals surface area contributed by atoms with Crippen molar-refractivity contribution >= 4 is 11.8 Å². The maximum absolute atomic E-state index is 5.92. The number of nitrogens with two attached hydrogens (primary N) is 1. The predicted molar refractivity (Wildman–Crippen MR) is 68.8 cm³/mol. The maximum atomic E-state index is 5.92. The first-order chi connectivity index (χ1) is 8.19. The fraction of sp³-hybridized carbons (Fsp3) is 0.333. The van der Waals surface area contributed by atoms with Gasteiger partial charge < -0.3 is 5.73 Å². The minimum absolute atomic E-state index is 0.0347. The van der Waals surface area contributed by atoms with Crippen LogP contribution in [0.3, 0.4) is 0 Å². The minimum atomic E-state index is 0.0347. The van der Waals surface area contributed by atoms with Gasteiger partial charge in [0.1, 0.15) is 0 Å². The van der Waals surface area contributed by atoms with Crippen LogP contribution in [0.25, 0.3) is 0 Å². The van der Waals surface area contributed by atoms with Crippen LogP contribution in [0.2, 0.25) is 0 Å². The second-order valence-corrected chi connectivity index (χ2v) is 5.03. The van der Waals surface area contributed by atoms with E-state index >= 15 is 0 Å². The Morgan fingerprint density at radius 3 is 2.71 bits per heavy atom. The highest BCUT2D eigenvalue weighted by molar-refractivity contribution is 7.99. The van der Waals surface area contributed by atoms with E-state index in [2.05, 4.69) is 23.1 Å². The van der Waals surface area contributed by atoms with Crippen LogP contribution < -0.4 is 5.73 Å². The van der Waals surface area contributed by atoms with Crippen LogP contribution in [0, 0.1) is 0 Å². The van der Waals surface area contributed by atoms with Crippen molar-refractivity contribution in [1.29, 1.82) is 0 Å². The Morgan fingerprint density at radius 2 is 2.18 bits per heavy atom. The van der Waals surface area contributed by atoms with Gasteiger partial charge in [0.05, 0.1) is 16.8 Å². The summed E-state index contributed by atoms with van der Waals surface area (Å²) in [7, 11) is 1.91. The van der Waals surface area contributed by atoms with E-state index < -0.39 is 0 Å². The summed E-state index contributed by atoms with van der Waals surface area (Å²) in [5, 5.41) is 4.13. The average molecular weight is 248 g/mol. The molecule has 0 fully saturated rings. The zero-order valence-electron chi connectivity index (χ0n) is 10.00. The van der Waals surface area contributed by atoms with Gasteiger partial charge in [-0.25, -0.2) is 0 Å². The maximum Gasteiger partial charge on any atom is 0.0629 e. The molecule has 2 aromatic rings. The van der Waals surface area contributed by atoms with Crippen molar-refractivity contribution < 1.29 is 0 Å². The Bertz CT molecular complexity index is 478. The van der Waals surface area contributed by atoms with Crippen LogP contribution in [0.4, 0.5) is 0 Å². The fourth-order valence-electron chi connectivity index (χ4n) is 1.47. The van der Waals surface area contributed by atoms with Crippen LogP contribution >= 0.6 is 11.8 Å². The number of nitrogens with zero attached hydrogens (tertiary/aromatic N) is 3. The Hall–Kier alpha value is -1.33. The van der Waals surface area contributed by atoms with Gasteiger partial charge in [-0.15, -0.1) is 0 Å². The molecule has 0 aliphatic heterocycles. The van der Waals surface area contributed by atoms with Crippen LogP contribution in [-0.4, -0.2) is 14.8 Å². The Labute approximate surface area is 105 Å². The van der Waals surface area contributed by atoms with E-state index in [-0.39, 0.29) is 6.04 Å². The molecule has 0 bridgehead atoms. The molecule has 2 heterocycles. The van der Waals surface area contributed by atoms with Gasteiger partial charge >= 0.3 is 0 Å². The van der Waals surface area contributed by atoms with E-state index in [0.717, 1.165) is 21.9 Å². The average Bonchev–Trinajstić information content (AvgIpc) is 2.75. The van der Waals surface area contributed by atoms with Gasteiger partial charge in [0, 0.05) is 30.4 Å². The molecule has 1 unspecified atom stereocenters. The quantitative estimate of drug-likeness (QED) is 0.902. The largest absolute Gasteiger partial charge is 0.323 e. The van der Waals surface area contributed by atoms with Gasteiger partial charge in [-0.05, 0) is 18.6 Å². The van der Waals surface area contributed by atoms with E-state index in [4.69, 9.17) is 5.73 Å². The summed E-state index contributed by atoms with van der Waals surface area (Å²) in [6.45, 7) is 2.06. The van der Waals surface area contributed by atoms with Crippen molar-refractivity contribution in [3.05, 3.63) is 36.4 Å². The molecule has 0 saturated carbocycles. The van der Waals surface area contributed by atoms with E-state index in [1.54, 1.807) is 16.4 Å². The summed E-state index contributed by atoms with van der Waals surface area (Å²) in [6, 6.07) is 4.08. The Morgan fingerprint density at radius 1 is 1.35 bits per heavy atom. The van der Waals surface area contributed by atoms with E-state index in [0.29, 0.717) is 0 Å². The lowest BCUT2D eigenvalue weighted by molar-refractivity contribution is 0.674. The van der Waals surface area contributed by atoms with Crippen molar-refractivity contribution in [2.24, 2.45) is 12.8 Å². The van der Waals surface area contributed by atoms with E-state index in [1.807, 2.05) is 31.7 Å². The van der Waals surface area contributed by atoms with Crippen molar-refractivity contribution in [3.63, 3.8) is 0 Å².